The number of rotatable bonds is 4. The van der Waals surface area contributed by atoms with E-state index in [0.29, 0.717) is 6.54 Å². The van der Waals surface area contributed by atoms with Gasteiger partial charge in [-0.2, -0.15) is 0 Å². The molecular formula is C18H20N2O2. The number of carbonyl (C=O) groups is 1. The molecule has 3 rings (SSSR count). The molecule has 1 saturated carbocycles. The zero-order valence-electron chi connectivity index (χ0n) is 12.4. The molecule has 1 aliphatic rings. The van der Waals surface area contributed by atoms with Crippen molar-refractivity contribution in [3.8, 4) is 11.1 Å². The summed E-state index contributed by atoms with van der Waals surface area (Å²) in [5.74, 6) is 0. The van der Waals surface area contributed by atoms with E-state index < -0.39 is 5.60 Å². The second-order valence-electron chi connectivity index (χ2n) is 5.80. The maximum Gasteiger partial charge on any atom is 0.319 e. The van der Waals surface area contributed by atoms with E-state index in [1.54, 1.807) is 0 Å². The first-order valence-electron chi connectivity index (χ1n) is 7.58. The van der Waals surface area contributed by atoms with Crippen LogP contribution in [0, 0.1) is 0 Å². The molecule has 22 heavy (non-hydrogen) atoms. The molecule has 1 aliphatic carbocycles. The molecule has 3 N–H and O–H groups in total. The maximum atomic E-state index is 12.0. The SMILES string of the molecule is O=C(NCC1(O)CCC1)Nc1ccccc1-c1ccccc1. The fourth-order valence-corrected chi connectivity index (χ4v) is 2.63. The van der Waals surface area contributed by atoms with Crippen LogP contribution in [-0.2, 0) is 0 Å². The van der Waals surface area contributed by atoms with Crippen LogP contribution in [0.1, 0.15) is 19.3 Å². The first-order chi connectivity index (χ1) is 10.7. The highest BCUT2D eigenvalue weighted by molar-refractivity contribution is 5.94. The second kappa shape index (κ2) is 6.20. The highest BCUT2D eigenvalue weighted by Gasteiger charge is 2.34. The first kappa shape index (κ1) is 14.6. The molecule has 0 atom stereocenters. The third kappa shape index (κ3) is 3.28. The van der Waals surface area contributed by atoms with Crippen molar-refractivity contribution in [2.45, 2.75) is 24.9 Å². The van der Waals surface area contributed by atoms with Crippen molar-refractivity contribution < 1.29 is 9.90 Å². The molecular weight excluding hydrogens is 276 g/mol. The van der Waals surface area contributed by atoms with Crippen LogP contribution in [0.15, 0.2) is 54.6 Å². The van der Waals surface area contributed by atoms with E-state index in [2.05, 4.69) is 10.6 Å². The van der Waals surface area contributed by atoms with Crippen molar-refractivity contribution in [1.29, 1.82) is 0 Å². The zero-order chi connectivity index (χ0) is 15.4. The van der Waals surface area contributed by atoms with Gasteiger partial charge in [-0.3, -0.25) is 0 Å². The Bertz CT molecular complexity index is 651. The van der Waals surface area contributed by atoms with Gasteiger partial charge in [-0.1, -0.05) is 48.5 Å². The van der Waals surface area contributed by atoms with Gasteiger partial charge in [0, 0.05) is 12.1 Å². The Morgan fingerprint density at radius 3 is 2.41 bits per heavy atom. The molecule has 0 aliphatic heterocycles. The van der Waals surface area contributed by atoms with Crippen molar-refractivity contribution in [1.82, 2.24) is 5.32 Å². The third-order valence-corrected chi connectivity index (χ3v) is 4.12. The normalized spacial score (nSPS) is 15.7. The van der Waals surface area contributed by atoms with Crippen LogP contribution in [0.4, 0.5) is 10.5 Å². The molecule has 2 amide bonds. The summed E-state index contributed by atoms with van der Waals surface area (Å²) in [5.41, 5.74) is 2.07. The number of aliphatic hydroxyl groups is 1. The first-order valence-corrected chi connectivity index (χ1v) is 7.58. The Balaban J connectivity index is 1.68. The van der Waals surface area contributed by atoms with Gasteiger partial charge in [0.05, 0.1) is 11.3 Å². The molecule has 0 spiro atoms. The lowest BCUT2D eigenvalue weighted by atomic mass is 9.80. The smallest absolute Gasteiger partial charge is 0.319 e. The molecule has 0 aromatic heterocycles. The Hall–Kier alpha value is -2.33. The molecule has 2 aromatic rings. The Kier molecular flexibility index (Phi) is 4.11. The number of nitrogens with one attached hydrogen (secondary N) is 2. The molecule has 1 fully saturated rings. The van der Waals surface area contributed by atoms with Crippen molar-refractivity contribution in [2.75, 3.05) is 11.9 Å². The van der Waals surface area contributed by atoms with Crippen molar-refractivity contribution in [3.63, 3.8) is 0 Å². The lowest BCUT2D eigenvalue weighted by Crippen LogP contribution is -2.48. The molecule has 0 unspecified atom stereocenters. The Morgan fingerprint density at radius 2 is 1.73 bits per heavy atom. The highest BCUT2D eigenvalue weighted by atomic mass is 16.3. The summed E-state index contributed by atoms with van der Waals surface area (Å²) in [6.45, 7) is 0.298. The summed E-state index contributed by atoms with van der Waals surface area (Å²) in [6.07, 6.45) is 2.54. The maximum absolute atomic E-state index is 12.0. The van der Waals surface area contributed by atoms with E-state index in [0.717, 1.165) is 36.1 Å². The van der Waals surface area contributed by atoms with Crippen molar-refractivity contribution in [2.24, 2.45) is 0 Å². The van der Waals surface area contributed by atoms with Gasteiger partial charge in [0.25, 0.3) is 0 Å². The minimum absolute atomic E-state index is 0.288. The number of amides is 2. The predicted molar refractivity (Wildman–Crippen MR) is 87.7 cm³/mol. The largest absolute Gasteiger partial charge is 0.388 e. The molecule has 0 radical (unpaired) electrons. The van der Waals surface area contributed by atoms with Gasteiger partial charge in [0.1, 0.15) is 0 Å². The number of hydrogen-bond acceptors (Lipinski definition) is 2. The summed E-state index contributed by atoms with van der Waals surface area (Å²) in [5, 5.41) is 15.6. The molecule has 0 saturated heterocycles. The highest BCUT2D eigenvalue weighted by Crippen LogP contribution is 2.31. The van der Waals surface area contributed by atoms with Gasteiger partial charge < -0.3 is 15.7 Å². The summed E-state index contributed by atoms with van der Waals surface area (Å²) < 4.78 is 0. The van der Waals surface area contributed by atoms with E-state index >= 15 is 0 Å². The monoisotopic (exact) mass is 296 g/mol. The van der Waals surface area contributed by atoms with Crippen LogP contribution in [-0.4, -0.2) is 23.3 Å². The average Bonchev–Trinajstić information content (AvgIpc) is 2.52. The molecule has 4 heteroatoms. The quantitative estimate of drug-likeness (QED) is 0.810. The molecule has 0 bridgehead atoms. The van der Waals surface area contributed by atoms with Crippen LogP contribution < -0.4 is 10.6 Å². The fourth-order valence-electron chi connectivity index (χ4n) is 2.63. The average molecular weight is 296 g/mol. The van der Waals surface area contributed by atoms with Crippen LogP contribution in [0.5, 0.6) is 0 Å². The molecule has 2 aromatic carbocycles. The van der Waals surface area contributed by atoms with E-state index in [1.807, 2.05) is 54.6 Å². The number of carbonyl (C=O) groups excluding carboxylic acids is 1. The van der Waals surface area contributed by atoms with Crippen LogP contribution in [0.3, 0.4) is 0 Å². The molecule has 0 heterocycles. The van der Waals surface area contributed by atoms with E-state index in [4.69, 9.17) is 0 Å². The number of urea groups is 1. The number of anilines is 1. The number of benzene rings is 2. The lowest BCUT2D eigenvalue weighted by molar-refractivity contribution is -0.0287. The second-order valence-corrected chi connectivity index (χ2v) is 5.80. The standard InChI is InChI=1S/C18H20N2O2/c21-17(19-13-18(22)11-6-12-18)20-16-10-5-4-9-15(16)14-7-2-1-3-8-14/h1-5,7-10,22H,6,11-13H2,(H2,19,20,21). The number of para-hydroxylation sites is 1. The van der Waals surface area contributed by atoms with Gasteiger partial charge in [0.15, 0.2) is 0 Å². The van der Waals surface area contributed by atoms with Crippen molar-refractivity contribution >= 4 is 11.7 Å². The summed E-state index contributed by atoms with van der Waals surface area (Å²) >= 11 is 0. The van der Waals surface area contributed by atoms with Crippen molar-refractivity contribution in [3.05, 3.63) is 54.6 Å². The van der Waals surface area contributed by atoms with E-state index in [-0.39, 0.29) is 6.03 Å². The minimum Gasteiger partial charge on any atom is -0.388 e. The van der Waals surface area contributed by atoms with Crippen LogP contribution in [0.25, 0.3) is 11.1 Å². The third-order valence-electron chi connectivity index (χ3n) is 4.12. The van der Waals surface area contributed by atoms with Gasteiger partial charge in [-0.25, -0.2) is 4.79 Å². The number of hydrogen-bond donors (Lipinski definition) is 3. The van der Waals surface area contributed by atoms with E-state index in [1.165, 1.54) is 0 Å². The molecule has 114 valence electrons. The fraction of sp³-hybridized carbons (Fsp3) is 0.278. The Labute approximate surface area is 130 Å². The van der Waals surface area contributed by atoms with Gasteiger partial charge in [-0.15, -0.1) is 0 Å². The Morgan fingerprint density at radius 1 is 1.05 bits per heavy atom. The van der Waals surface area contributed by atoms with Gasteiger partial charge >= 0.3 is 6.03 Å². The van der Waals surface area contributed by atoms with Gasteiger partial charge in [0.2, 0.25) is 0 Å². The zero-order valence-corrected chi connectivity index (χ0v) is 12.4. The van der Waals surface area contributed by atoms with Crippen LogP contribution >= 0.6 is 0 Å². The summed E-state index contributed by atoms with van der Waals surface area (Å²) in [7, 11) is 0. The summed E-state index contributed by atoms with van der Waals surface area (Å²) in [6, 6.07) is 17.3. The minimum atomic E-state index is -0.712. The topological polar surface area (TPSA) is 61.4 Å². The van der Waals surface area contributed by atoms with Gasteiger partial charge in [-0.05, 0) is 30.9 Å². The summed E-state index contributed by atoms with van der Waals surface area (Å²) in [4.78, 5) is 12.0. The van der Waals surface area contributed by atoms with E-state index in [9.17, 15) is 9.90 Å². The molecule has 4 nitrogen and oxygen atoms in total. The van der Waals surface area contributed by atoms with Crippen LogP contribution in [0.2, 0.25) is 0 Å². The lowest BCUT2D eigenvalue weighted by Gasteiger charge is -2.36. The predicted octanol–water partition coefficient (Wildman–Crippen LogP) is 3.39.